The highest BCUT2D eigenvalue weighted by molar-refractivity contribution is 9.10. The quantitative estimate of drug-likeness (QED) is 0.702. The Hall–Kier alpha value is 0.01000. The molecule has 1 N–H and O–H groups in total. The van der Waals surface area contributed by atoms with Gasteiger partial charge in [-0.3, -0.25) is 0 Å². The third-order valence-corrected chi connectivity index (χ3v) is 4.27. The largest absolute Gasteiger partial charge is 0.310 e. The van der Waals surface area contributed by atoms with Gasteiger partial charge in [0.15, 0.2) is 0 Å². The Bertz CT molecular complexity index is 317. The van der Waals surface area contributed by atoms with Crippen LogP contribution in [0, 0.1) is 0 Å². The molecule has 0 aliphatic carbocycles. The molecule has 0 aromatic heterocycles. The lowest BCUT2D eigenvalue weighted by Crippen LogP contribution is -2.20. The molecule has 0 fully saturated rings. The van der Waals surface area contributed by atoms with E-state index in [-0.39, 0.29) is 0 Å². The molecule has 17 heavy (non-hydrogen) atoms. The van der Waals surface area contributed by atoms with Crippen LogP contribution in [0.15, 0.2) is 28.7 Å². The van der Waals surface area contributed by atoms with E-state index in [1.54, 1.807) is 0 Å². The minimum absolute atomic E-state index is 0.422. The van der Waals surface area contributed by atoms with Crippen LogP contribution in [0.4, 0.5) is 0 Å². The minimum Gasteiger partial charge on any atom is -0.310 e. The van der Waals surface area contributed by atoms with E-state index in [1.807, 2.05) is 11.8 Å². The van der Waals surface area contributed by atoms with Gasteiger partial charge < -0.3 is 5.32 Å². The molecule has 0 saturated heterocycles. The van der Waals surface area contributed by atoms with Gasteiger partial charge in [-0.1, -0.05) is 40.5 Å². The Kier molecular flexibility index (Phi) is 7.99. The molecule has 1 rings (SSSR count). The van der Waals surface area contributed by atoms with Crippen molar-refractivity contribution in [2.45, 2.75) is 32.2 Å². The zero-order valence-corrected chi connectivity index (χ0v) is 13.1. The molecule has 1 atom stereocenters. The maximum absolute atomic E-state index is 3.60. The van der Waals surface area contributed by atoms with E-state index in [0.29, 0.717) is 6.04 Å². The molecule has 0 aliphatic rings. The summed E-state index contributed by atoms with van der Waals surface area (Å²) in [6.07, 6.45) is 6.12. The SMILES string of the molecule is CSCCCCCNC(C)c1ccccc1Br. The molecule has 0 bridgehead atoms. The van der Waals surface area contributed by atoms with Gasteiger partial charge in [0.05, 0.1) is 0 Å². The van der Waals surface area contributed by atoms with Crippen LogP contribution >= 0.6 is 27.7 Å². The predicted octanol–water partition coefficient (Wildman–Crippen LogP) is 4.63. The molecule has 96 valence electrons. The summed E-state index contributed by atoms with van der Waals surface area (Å²) in [5.41, 5.74) is 1.34. The summed E-state index contributed by atoms with van der Waals surface area (Å²) in [7, 11) is 0. The van der Waals surface area contributed by atoms with Gasteiger partial charge in [0.25, 0.3) is 0 Å². The van der Waals surface area contributed by atoms with Crippen molar-refractivity contribution in [2.24, 2.45) is 0 Å². The molecule has 0 radical (unpaired) electrons. The van der Waals surface area contributed by atoms with Crippen molar-refractivity contribution in [2.75, 3.05) is 18.6 Å². The topological polar surface area (TPSA) is 12.0 Å². The van der Waals surface area contributed by atoms with E-state index < -0.39 is 0 Å². The number of hydrogen-bond donors (Lipinski definition) is 1. The Labute approximate surface area is 118 Å². The number of benzene rings is 1. The number of nitrogens with one attached hydrogen (secondary N) is 1. The third kappa shape index (κ3) is 5.94. The summed E-state index contributed by atoms with van der Waals surface area (Å²) in [5, 5.41) is 3.58. The highest BCUT2D eigenvalue weighted by Gasteiger charge is 2.06. The first-order valence-electron chi connectivity index (χ1n) is 6.22. The lowest BCUT2D eigenvalue weighted by molar-refractivity contribution is 0.543. The smallest absolute Gasteiger partial charge is 0.0302 e. The average Bonchev–Trinajstić information content (AvgIpc) is 2.34. The lowest BCUT2D eigenvalue weighted by atomic mass is 10.1. The first-order chi connectivity index (χ1) is 8.25. The zero-order valence-electron chi connectivity index (χ0n) is 10.7. The van der Waals surface area contributed by atoms with E-state index in [1.165, 1.54) is 35.1 Å². The average molecular weight is 316 g/mol. The molecule has 1 nitrogen and oxygen atoms in total. The van der Waals surface area contributed by atoms with Crippen LogP contribution in [-0.4, -0.2) is 18.6 Å². The van der Waals surface area contributed by atoms with Gasteiger partial charge in [-0.05, 0) is 49.9 Å². The van der Waals surface area contributed by atoms with Crippen molar-refractivity contribution in [3.63, 3.8) is 0 Å². The van der Waals surface area contributed by atoms with Gasteiger partial charge in [0.1, 0.15) is 0 Å². The monoisotopic (exact) mass is 315 g/mol. The van der Waals surface area contributed by atoms with Crippen molar-refractivity contribution in [3.8, 4) is 0 Å². The van der Waals surface area contributed by atoms with Crippen molar-refractivity contribution < 1.29 is 0 Å². The van der Waals surface area contributed by atoms with Crippen LogP contribution in [0.25, 0.3) is 0 Å². The van der Waals surface area contributed by atoms with E-state index >= 15 is 0 Å². The third-order valence-electron chi connectivity index (χ3n) is 2.85. The summed E-state index contributed by atoms with van der Waals surface area (Å²) in [5.74, 6) is 1.29. The van der Waals surface area contributed by atoms with E-state index in [9.17, 15) is 0 Å². The highest BCUT2D eigenvalue weighted by atomic mass is 79.9. The number of rotatable bonds is 8. The van der Waals surface area contributed by atoms with Crippen LogP contribution in [0.2, 0.25) is 0 Å². The van der Waals surface area contributed by atoms with Crippen molar-refractivity contribution >= 4 is 27.7 Å². The van der Waals surface area contributed by atoms with Crippen LogP contribution < -0.4 is 5.32 Å². The number of thioether (sulfide) groups is 1. The highest BCUT2D eigenvalue weighted by Crippen LogP contribution is 2.22. The van der Waals surface area contributed by atoms with Gasteiger partial charge in [-0.15, -0.1) is 0 Å². The standard InChI is InChI=1S/C14H22BrNS/c1-12(13-8-4-5-9-14(13)15)16-10-6-3-7-11-17-2/h4-5,8-9,12,16H,3,6-7,10-11H2,1-2H3. The van der Waals surface area contributed by atoms with Crippen LogP contribution in [0.3, 0.4) is 0 Å². The van der Waals surface area contributed by atoms with Crippen LogP contribution in [0.1, 0.15) is 37.8 Å². The molecule has 0 aliphatic heterocycles. The molecule has 0 saturated carbocycles. The fourth-order valence-electron chi connectivity index (χ4n) is 1.80. The maximum atomic E-state index is 3.60. The van der Waals surface area contributed by atoms with Crippen molar-refractivity contribution in [1.82, 2.24) is 5.32 Å². The molecule has 1 unspecified atom stereocenters. The zero-order chi connectivity index (χ0) is 12.5. The molecule has 1 aromatic carbocycles. The molecule has 0 spiro atoms. The summed E-state index contributed by atoms with van der Waals surface area (Å²) >= 11 is 5.54. The number of hydrogen-bond acceptors (Lipinski definition) is 2. The molecular formula is C14H22BrNS. The van der Waals surface area contributed by atoms with Gasteiger partial charge in [-0.2, -0.15) is 11.8 Å². The molecule has 1 aromatic rings. The Morgan fingerprint density at radius 1 is 1.24 bits per heavy atom. The Balaban J connectivity index is 2.21. The lowest BCUT2D eigenvalue weighted by Gasteiger charge is -2.15. The second-order valence-electron chi connectivity index (χ2n) is 4.25. The van der Waals surface area contributed by atoms with Gasteiger partial charge >= 0.3 is 0 Å². The summed E-state index contributed by atoms with van der Waals surface area (Å²) in [6, 6.07) is 8.85. The first kappa shape index (κ1) is 15.1. The van der Waals surface area contributed by atoms with Gasteiger partial charge in [0.2, 0.25) is 0 Å². The van der Waals surface area contributed by atoms with Crippen molar-refractivity contribution in [3.05, 3.63) is 34.3 Å². The maximum Gasteiger partial charge on any atom is 0.0302 e. The van der Waals surface area contributed by atoms with E-state index in [2.05, 4.69) is 58.7 Å². The predicted molar refractivity (Wildman–Crippen MR) is 82.8 cm³/mol. The van der Waals surface area contributed by atoms with Crippen LogP contribution in [0.5, 0.6) is 0 Å². The Morgan fingerprint density at radius 3 is 2.71 bits per heavy atom. The fourth-order valence-corrected chi connectivity index (χ4v) is 2.92. The normalized spacial score (nSPS) is 12.6. The Morgan fingerprint density at radius 2 is 2.00 bits per heavy atom. The second-order valence-corrected chi connectivity index (χ2v) is 6.09. The summed E-state index contributed by atoms with van der Waals surface area (Å²) in [4.78, 5) is 0. The van der Waals surface area contributed by atoms with Crippen molar-refractivity contribution in [1.29, 1.82) is 0 Å². The van der Waals surface area contributed by atoms with E-state index in [4.69, 9.17) is 0 Å². The second kappa shape index (κ2) is 9.01. The molecule has 0 amide bonds. The number of unbranched alkanes of at least 4 members (excludes halogenated alkanes) is 2. The molecule has 0 heterocycles. The van der Waals surface area contributed by atoms with E-state index in [0.717, 1.165) is 6.54 Å². The summed E-state index contributed by atoms with van der Waals surface area (Å²) < 4.78 is 1.20. The number of halogens is 1. The molecule has 3 heteroatoms. The minimum atomic E-state index is 0.422. The fraction of sp³-hybridized carbons (Fsp3) is 0.571. The summed E-state index contributed by atoms with van der Waals surface area (Å²) in [6.45, 7) is 3.33. The van der Waals surface area contributed by atoms with Gasteiger partial charge in [-0.25, -0.2) is 0 Å². The van der Waals surface area contributed by atoms with Gasteiger partial charge in [0, 0.05) is 10.5 Å². The molecular weight excluding hydrogens is 294 g/mol. The van der Waals surface area contributed by atoms with Crippen LogP contribution in [-0.2, 0) is 0 Å². The first-order valence-corrected chi connectivity index (χ1v) is 8.41.